The number of alkyl halides is 1. The molecule has 0 heterocycles. The first-order chi connectivity index (χ1) is 4.27. The van der Waals surface area contributed by atoms with Crippen LogP contribution in [0.2, 0.25) is 0 Å². The first-order valence-electron chi connectivity index (χ1n) is 3.83. The van der Waals surface area contributed by atoms with Gasteiger partial charge in [-0.05, 0) is 12.3 Å². The van der Waals surface area contributed by atoms with Gasteiger partial charge in [0.2, 0.25) is 0 Å². The molecule has 0 aromatic rings. The van der Waals surface area contributed by atoms with E-state index in [1.807, 2.05) is 0 Å². The Morgan fingerprint density at radius 3 is 2.20 bits per heavy atom. The summed E-state index contributed by atoms with van der Waals surface area (Å²) < 4.78 is 0. The predicted molar refractivity (Wildman–Crippen MR) is 52.0 cm³/mol. The number of rotatable bonds is 5. The maximum Gasteiger partial charge on any atom is 2.00 e. The monoisotopic (exact) mass is 174 g/mol. The number of hydrogen-bond acceptors (Lipinski definition) is 0. The molecule has 0 amide bonds. The van der Waals surface area contributed by atoms with E-state index in [2.05, 4.69) is 13.8 Å². The molecule has 60 valence electrons. The van der Waals surface area contributed by atoms with Gasteiger partial charge in [-0.3, -0.25) is 0 Å². The second kappa shape index (κ2) is 10.1. The predicted octanol–water partition coefficient (Wildman–Crippen LogP) is 3.29. The molecule has 2 heteroatoms. The molecule has 0 atom stereocenters. The maximum absolute atomic E-state index is 5.52. The first kappa shape index (κ1) is 13.6. The molecule has 0 nitrogen and oxygen atoms in total. The smallest absolute Gasteiger partial charge is 1.00 e. The molecule has 0 aliphatic rings. The quantitative estimate of drug-likeness (QED) is 0.341. The van der Waals surface area contributed by atoms with Crippen molar-refractivity contribution in [2.75, 3.05) is 5.88 Å². The van der Waals surface area contributed by atoms with Crippen LogP contribution in [-0.2, 0) is 0 Å². The first-order valence-corrected chi connectivity index (χ1v) is 4.36. The minimum Gasteiger partial charge on any atom is -1.00 e. The van der Waals surface area contributed by atoms with E-state index in [9.17, 15) is 0 Å². The van der Waals surface area contributed by atoms with Crippen LogP contribution in [-0.4, -0.2) is 28.9 Å². The maximum atomic E-state index is 5.52. The van der Waals surface area contributed by atoms with Crippen LogP contribution in [0.4, 0.5) is 0 Å². The van der Waals surface area contributed by atoms with Gasteiger partial charge in [-0.25, -0.2) is 0 Å². The molecule has 0 spiro atoms. The molecule has 0 unspecified atom stereocenters. The fourth-order valence-corrected chi connectivity index (χ4v) is 1.01. The molecule has 0 fully saturated rings. The second-order valence-electron chi connectivity index (χ2n) is 2.93. The molecule has 0 bridgehead atoms. The summed E-state index contributed by atoms with van der Waals surface area (Å²) in [6.45, 7) is 4.53. The molecule has 0 saturated heterocycles. The summed E-state index contributed by atoms with van der Waals surface area (Å²) in [7, 11) is 0. The van der Waals surface area contributed by atoms with Gasteiger partial charge in [0.15, 0.2) is 0 Å². The summed E-state index contributed by atoms with van der Waals surface area (Å²) >= 11 is 5.52. The molecule has 0 radical (unpaired) electrons. The molecule has 0 N–H and O–H groups in total. The molecule has 0 aromatic carbocycles. The molecule has 0 aromatic heterocycles. The van der Waals surface area contributed by atoms with Crippen molar-refractivity contribution in [2.24, 2.45) is 5.92 Å². The largest absolute Gasteiger partial charge is 2.00 e. The molecule has 0 saturated carbocycles. The average Bonchev–Trinajstić information content (AvgIpc) is 1.80. The van der Waals surface area contributed by atoms with E-state index in [1.165, 1.54) is 25.7 Å². The Balaban J connectivity index is -0.000000107. The SMILES string of the molecule is CC(C)CCCCCCl.[H-].[H-].[Mg+2]. The van der Waals surface area contributed by atoms with Crippen LogP contribution in [0.5, 0.6) is 0 Å². The third-order valence-corrected chi connectivity index (χ3v) is 1.68. The van der Waals surface area contributed by atoms with Crippen molar-refractivity contribution >= 4 is 34.7 Å². The second-order valence-corrected chi connectivity index (χ2v) is 3.31. The van der Waals surface area contributed by atoms with Gasteiger partial charge in [-0.2, -0.15) is 0 Å². The Bertz CT molecular complexity index is 63.0. The van der Waals surface area contributed by atoms with Crippen molar-refractivity contribution in [1.29, 1.82) is 0 Å². The van der Waals surface area contributed by atoms with Crippen LogP contribution in [0.1, 0.15) is 42.4 Å². The van der Waals surface area contributed by atoms with Gasteiger partial charge in [0.05, 0.1) is 0 Å². The number of hydrogen-bond donors (Lipinski definition) is 0. The van der Waals surface area contributed by atoms with Crippen molar-refractivity contribution in [3.05, 3.63) is 0 Å². The van der Waals surface area contributed by atoms with Gasteiger partial charge in [-0.1, -0.05) is 33.1 Å². The zero-order chi connectivity index (χ0) is 7.11. The minimum atomic E-state index is 0. The van der Waals surface area contributed by atoms with Crippen molar-refractivity contribution in [3.63, 3.8) is 0 Å². The van der Waals surface area contributed by atoms with Gasteiger partial charge in [0.25, 0.3) is 0 Å². The topological polar surface area (TPSA) is 0 Å². The van der Waals surface area contributed by atoms with Crippen LogP contribution >= 0.6 is 11.6 Å². The Labute approximate surface area is 88.8 Å². The van der Waals surface area contributed by atoms with E-state index in [1.54, 1.807) is 0 Å². The van der Waals surface area contributed by atoms with Crippen molar-refractivity contribution in [3.8, 4) is 0 Å². The molecule has 10 heavy (non-hydrogen) atoms. The normalized spacial score (nSPS) is 9.60. The Hall–Kier alpha value is 1.06. The van der Waals surface area contributed by atoms with E-state index in [0.717, 1.165) is 11.8 Å². The van der Waals surface area contributed by atoms with Crippen LogP contribution in [0.25, 0.3) is 0 Å². The zero-order valence-corrected chi connectivity index (χ0v) is 9.37. The minimum absolute atomic E-state index is 0. The molecular formula is C8H19ClMg. The third kappa shape index (κ3) is 11.8. The van der Waals surface area contributed by atoms with Gasteiger partial charge in [-0.15, -0.1) is 11.6 Å². The van der Waals surface area contributed by atoms with E-state index in [0.29, 0.717) is 0 Å². The van der Waals surface area contributed by atoms with Gasteiger partial charge >= 0.3 is 23.1 Å². The van der Waals surface area contributed by atoms with E-state index >= 15 is 0 Å². The number of unbranched alkanes of at least 4 members (excludes halogenated alkanes) is 2. The fourth-order valence-electron chi connectivity index (χ4n) is 0.824. The van der Waals surface area contributed by atoms with E-state index in [-0.39, 0.29) is 25.9 Å². The Kier molecular flexibility index (Phi) is 13.7. The summed E-state index contributed by atoms with van der Waals surface area (Å²) in [4.78, 5) is 0. The van der Waals surface area contributed by atoms with Crippen LogP contribution in [0.3, 0.4) is 0 Å². The van der Waals surface area contributed by atoms with Crippen LogP contribution < -0.4 is 0 Å². The average molecular weight is 175 g/mol. The Morgan fingerprint density at radius 1 is 1.20 bits per heavy atom. The van der Waals surface area contributed by atoms with E-state index in [4.69, 9.17) is 11.6 Å². The summed E-state index contributed by atoms with van der Waals surface area (Å²) in [5.41, 5.74) is 0. The van der Waals surface area contributed by atoms with Gasteiger partial charge in [0.1, 0.15) is 0 Å². The summed E-state index contributed by atoms with van der Waals surface area (Å²) in [6.07, 6.45) is 5.21. The standard InChI is InChI=1S/C8H17Cl.Mg.2H/c1-8(2)6-4-3-5-7-9;;;/h8H,3-7H2,1-2H3;;;/q;+2;2*-1. The van der Waals surface area contributed by atoms with Crippen molar-refractivity contribution < 1.29 is 2.85 Å². The fraction of sp³-hybridized carbons (Fsp3) is 1.00. The van der Waals surface area contributed by atoms with Gasteiger partial charge in [0, 0.05) is 5.88 Å². The van der Waals surface area contributed by atoms with Crippen molar-refractivity contribution in [1.82, 2.24) is 0 Å². The Morgan fingerprint density at radius 2 is 1.80 bits per heavy atom. The molecule has 0 aliphatic heterocycles. The summed E-state index contributed by atoms with van der Waals surface area (Å²) in [5.74, 6) is 1.69. The van der Waals surface area contributed by atoms with E-state index < -0.39 is 0 Å². The van der Waals surface area contributed by atoms with Gasteiger partial charge < -0.3 is 2.85 Å². The zero-order valence-electron chi connectivity index (χ0n) is 9.20. The van der Waals surface area contributed by atoms with Crippen LogP contribution in [0.15, 0.2) is 0 Å². The molecule has 0 aliphatic carbocycles. The number of halogens is 1. The molecular weight excluding hydrogens is 156 g/mol. The molecule has 0 rings (SSSR count). The van der Waals surface area contributed by atoms with Crippen LogP contribution in [0, 0.1) is 5.92 Å². The van der Waals surface area contributed by atoms with Crippen molar-refractivity contribution in [2.45, 2.75) is 39.5 Å². The summed E-state index contributed by atoms with van der Waals surface area (Å²) in [5, 5.41) is 0. The summed E-state index contributed by atoms with van der Waals surface area (Å²) in [6, 6.07) is 0. The third-order valence-electron chi connectivity index (χ3n) is 1.42.